The summed E-state index contributed by atoms with van der Waals surface area (Å²) in [5.74, 6) is -1.61. The molecule has 1 aromatic carbocycles. The van der Waals surface area contributed by atoms with Gasteiger partial charge in [-0.05, 0) is 18.2 Å². The summed E-state index contributed by atoms with van der Waals surface area (Å²) in [4.78, 5) is 10.8. The van der Waals surface area contributed by atoms with Crippen molar-refractivity contribution in [1.29, 1.82) is 0 Å². The smallest absolute Gasteiger partial charge is 0.416 e. The monoisotopic (exact) mass is 299 g/mol. The molecule has 8 heteroatoms. The molecule has 5 nitrogen and oxygen atoms in total. The molecule has 0 bridgehead atoms. The topological polar surface area (TPSA) is 68.0 Å². The second-order valence-electron chi connectivity index (χ2n) is 4.65. The summed E-state index contributed by atoms with van der Waals surface area (Å²) in [7, 11) is 0. The van der Waals surface area contributed by atoms with Gasteiger partial charge < -0.3 is 5.11 Å². The molecule has 0 aliphatic carbocycles. The number of carboxylic acid groups (broad SMARTS) is 1. The first kappa shape index (κ1) is 15.0. The highest BCUT2D eigenvalue weighted by atomic mass is 19.4. The van der Waals surface area contributed by atoms with Crippen molar-refractivity contribution in [3.8, 4) is 5.69 Å². The van der Waals surface area contributed by atoms with Crippen LogP contribution < -0.4 is 0 Å². The van der Waals surface area contributed by atoms with Crippen LogP contribution in [0, 0.1) is 5.92 Å². The minimum atomic E-state index is -4.43. The average molecular weight is 299 g/mol. The SMILES string of the molecule is CC(Cc1cn(-c2cccc(C(F)(F)F)c2)nn1)C(=O)O. The molecule has 0 amide bonds. The zero-order valence-corrected chi connectivity index (χ0v) is 11.0. The highest BCUT2D eigenvalue weighted by molar-refractivity contribution is 5.69. The maximum absolute atomic E-state index is 12.6. The molecule has 1 atom stereocenters. The quantitative estimate of drug-likeness (QED) is 0.942. The van der Waals surface area contributed by atoms with Crippen LogP contribution in [0.15, 0.2) is 30.5 Å². The van der Waals surface area contributed by atoms with Crippen LogP contribution in [0.5, 0.6) is 0 Å². The Hall–Kier alpha value is -2.38. The van der Waals surface area contributed by atoms with E-state index in [-0.39, 0.29) is 12.1 Å². The Morgan fingerprint density at radius 1 is 1.43 bits per heavy atom. The molecule has 0 aliphatic heterocycles. The lowest BCUT2D eigenvalue weighted by atomic mass is 10.1. The van der Waals surface area contributed by atoms with Gasteiger partial charge in [0.1, 0.15) is 0 Å². The second-order valence-corrected chi connectivity index (χ2v) is 4.65. The predicted molar refractivity (Wildman–Crippen MR) is 66.9 cm³/mol. The standard InChI is InChI=1S/C13H12F3N3O2/c1-8(12(20)21)5-10-7-19(18-17-10)11-4-2-3-9(6-11)13(14,15)16/h2-4,6-8H,5H2,1H3,(H,20,21). The van der Waals surface area contributed by atoms with Gasteiger partial charge in [0.15, 0.2) is 0 Å². The van der Waals surface area contributed by atoms with Gasteiger partial charge >= 0.3 is 12.1 Å². The van der Waals surface area contributed by atoms with Crippen molar-refractivity contribution in [2.24, 2.45) is 5.92 Å². The molecule has 2 rings (SSSR count). The number of benzene rings is 1. The van der Waals surface area contributed by atoms with Crippen molar-refractivity contribution in [2.45, 2.75) is 19.5 Å². The predicted octanol–water partition coefficient (Wildman–Crippen LogP) is 2.55. The normalized spacial score (nSPS) is 13.1. The fourth-order valence-electron chi connectivity index (χ4n) is 1.74. The molecule has 0 aliphatic rings. The Kier molecular flexibility index (Phi) is 3.97. The second kappa shape index (κ2) is 5.55. The van der Waals surface area contributed by atoms with Crippen molar-refractivity contribution >= 4 is 5.97 Å². The summed E-state index contributed by atoms with van der Waals surface area (Å²) >= 11 is 0. The van der Waals surface area contributed by atoms with Crippen LogP contribution in [0.2, 0.25) is 0 Å². The zero-order chi connectivity index (χ0) is 15.6. The molecule has 1 aromatic heterocycles. The van der Waals surface area contributed by atoms with Gasteiger partial charge in [-0.1, -0.05) is 18.2 Å². The Morgan fingerprint density at radius 2 is 2.14 bits per heavy atom. The Morgan fingerprint density at radius 3 is 2.76 bits per heavy atom. The number of halogens is 3. The van der Waals surface area contributed by atoms with E-state index in [1.165, 1.54) is 29.9 Å². The number of aliphatic carboxylic acids is 1. The molecule has 0 fully saturated rings. The fraction of sp³-hybridized carbons (Fsp3) is 0.308. The molecule has 0 spiro atoms. The first-order chi connectivity index (χ1) is 9.77. The largest absolute Gasteiger partial charge is 0.481 e. The molecule has 0 saturated carbocycles. The lowest BCUT2D eigenvalue weighted by molar-refractivity contribution is -0.141. The molecule has 21 heavy (non-hydrogen) atoms. The summed E-state index contributed by atoms with van der Waals surface area (Å²) in [6.07, 6.45) is -2.85. The third-order valence-corrected chi connectivity index (χ3v) is 2.92. The Labute approximate surface area is 118 Å². The zero-order valence-electron chi connectivity index (χ0n) is 11.0. The van der Waals surface area contributed by atoms with E-state index in [0.717, 1.165) is 12.1 Å². The lowest BCUT2D eigenvalue weighted by Gasteiger charge is -2.08. The van der Waals surface area contributed by atoms with Gasteiger partial charge in [0.25, 0.3) is 0 Å². The van der Waals surface area contributed by atoms with Crippen LogP contribution in [0.4, 0.5) is 13.2 Å². The number of rotatable bonds is 4. The summed E-state index contributed by atoms with van der Waals surface area (Å²) in [6.45, 7) is 1.52. The number of carboxylic acids is 1. The van der Waals surface area contributed by atoms with E-state index in [4.69, 9.17) is 5.11 Å². The minimum Gasteiger partial charge on any atom is -0.481 e. The number of alkyl halides is 3. The molecular formula is C13H12F3N3O2. The molecule has 1 N–H and O–H groups in total. The van der Waals surface area contributed by atoms with Crippen LogP contribution in [0.25, 0.3) is 5.69 Å². The molecular weight excluding hydrogens is 287 g/mol. The summed E-state index contributed by atoms with van der Waals surface area (Å²) in [5, 5.41) is 16.3. The Balaban J connectivity index is 2.24. The van der Waals surface area contributed by atoms with Crippen LogP contribution in [0.3, 0.4) is 0 Å². The van der Waals surface area contributed by atoms with Crippen LogP contribution in [0.1, 0.15) is 18.2 Å². The first-order valence-electron chi connectivity index (χ1n) is 6.09. The minimum absolute atomic E-state index is 0.161. The molecule has 2 aromatic rings. The van der Waals surface area contributed by atoms with Gasteiger partial charge in [-0.15, -0.1) is 5.10 Å². The van der Waals surface area contributed by atoms with E-state index >= 15 is 0 Å². The van der Waals surface area contributed by atoms with Gasteiger partial charge in [-0.2, -0.15) is 13.2 Å². The van der Waals surface area contributed by atoms with Crippen molar-refractivity contribution in [2.75, 3.05) is 0 Å². The molecule has 1 unspecified atom stereocenters. The van der Waals surface area contributed by atoms with E-state index in [9.17, 15) is 18.0 Å². The highest BCUT2D eigenvalue weighted by Gasteiger charge is 2.30. The van der Waals surface area contributed by atoms with Gasteiger partial charge in [0.05, 0.1) is 29.1 Å². The third kappa shape index (κ3) is 3.59. The number of aromatic nitrogens is 3. The van der Waals surface area contributed by atoms with E-state index < -0.39 is 23.6 Å². The van der Waals surface area contributed by atoms with Gasteiger partial charge in [0.2, 0.25) is 0 Å². The summed E-state index contributed by atoms with van der Waals surface area (Å²) in [5.41, 5.74) is -0.162. The van der Waals surface area contributed by atoms with E-state index in [1.807, 2.05) is 0 Å². The Bertz CT molecular complexity index is 652. The van der Waals surface area contributed by atoms with Crippen LogP contribution in [-0.2, 0) is 17.4 Å². The summed E-state index contributed by atoms with van der Waals surface area (Å²) in [6, 6.07) is 4.67. The fourth-order valence-corrected chi connectivity index (χ4v) is 1.74. The summed E-state index contributed by atoms with van der Waals surface area (Å²) < 4.78 is 39.1. The van der Waals surface area contributed by atoms with Crippen LogP contribution >= 0.6 is 0 Å². The average Bonchev–Trinajstić information content (AvgIpc) is 2.86. The van der Waals surface area contributed by atoms with Gasteiger partial charge in [-0.3, -0.25) is 4.79 Å². The number of hydrogen-bond acceptors (Lipinski definition) is 3. The van der Waals surface area contributed by atoms with E-state index in [1.54, 1.807) is 0 Å². The van der Waals surface area contributed by atoms with Crippen molar-refractivity contribution in [3.63, 3.8) is 0 Å². The lowest BCUT2D eigenvalue weighted by Crippen LogP contribution is -2.12. The maximum atomic E-state index is 12.6. The maximum Gasteiger partial charge on any atom is 0.416 e. The van der Waals surface area contributed by atoms with Crippen molar-refractivity contribution < 1.29 is 23.1 Å². The van der Waals surface area contributed by atoms with E-state index in [2.05, 4.69) is 10.3 Å². The van der Waals surface area contributed by atoms with Gasteiger partial charge in [0, 0.05) is 6.42 Å². The number of carbonyl (C=O) groups is 1. The number of hydrogen-bond donors (Lipinski definition) is 1. The van der Waals surface area contributed by atoms with Crippen molar-refractivity contribution in [3.05, 3.63) is 41.7 Å². The first-order valence-corrected chi connectivity index (χ1v) is 6.09. The van der Waals surface area contributed by atoms with Crippen molar-refractivity contribution in [1.82, 2.24) is 15.0 Å². The van der Waals surface area contributed by atoms with Crippen LogP contribution in [-0.4, -0.2) is 26.1 Å². The molecule has 0 saturated heterocycles. The third-order valence-electron chi connectivity index (χ3n) is 2.92. The van der Waals surface area contributed by atoms with E-state index in [0.29, 0.717) is 5.69 Å². The van der Waals surface area contributed by atoms with Gasteiger partial charge in [-0.25, -0.2) is 4.68 Å². The molecule has 0 radical (unpaired) electrons. The highest BCUT2D eigenvalue weighted by Crippen LogP contribution is 2.30. The molecule has 112 valence electrons. The number of nitrogens with zero attached hydrogens (tertiary/aromatic N) is 3. The molecule has 1 heterocycles.